The van der Waals surface area contributed by atoms with Crippen molar-refractivity contribution in [2.24, 2.45) is 5.41 Å². The van der Waals surface area contributed by atoms with E-state index in [2.05, 4.69) is 24.5 Å². The van der Waals surface area contributed by atoms with E-state index in [-0.39, 0.29) is 11.3 Å². The van der Waals surface area contributed by atoms with Gasteiger partial charge in [0.25, 0.3) is 5.91 Å². The monoisotopic (exact) mass is 294 g/mol. The standard InChI is InChI=1S/C16H23ClN2O/c1-3-9-18-14-6-5-12(17)10-13(14)15(20)19-11-16(2)7-4-8-16/h5-6,10,18H,3-4,7-9,11H2,1-2H3,(H,19,20). The van der Waals surface area contributed by atoms with E-state index in [1.165, 1.54) is 19.3 Å². The van der Waals surface area contributed by atoms with Crippen LogP contribution in [0.5, 0.6) is 0 Å². The molecule has 110 valence electrons. The highest BCUT2D eigenvalue weighted by atomic mass is 35.5. The summed E-state index contributed by atoms with van der Waals surface area (Å²) >= 11 is 6.02. The van der Waals surface area contributed by atoms with E-state index < -0.39 is 0 Å². The fourth-order valence-corrected chi connectivity index (χ4v) is 2.64. The van der Waals surface area contributed by atoms with E-state index in [0.29, 0.717) is 10.6 Å². The Morgan fingerprint density at radius 1 is 1.40 bits per heavy atom. The molecule has 2 N–H and O–H groups in total. The molecule has 0 aliphatic heterocycles. The van der Waals surface area contributed by atoms with Gasteiger partial charge in [-0.2, -0.15) is 0 Å². The lowest BCUT2D eigenvalue weighted by molar-refractivity contribution is 0.0891. The number of halogens is 1. The Balaban J connectivity index is 2.04. The zero-order valence-electron chi connectivity index (χ0n) is 12.3. The lowest BCUT2D eigenvalue weighted by atomic mass is 9.70. The van der Waals surface area contributed by atoms with Crippen LogP contribution in [0.2, 0.25) is 5.02 Å². The molecule has 1 fully saturated rings. The van der Waals surface area contributed by atoms with Crippen molar-refractivity contribution in [2.75, 3.05) is 18.4 Å². The molecule has 0 radical (unpaired) electrons. The largest absolute Gasteiger partial charge is 0.384 e. The Labute approximate surface area is 126 Å². The van der Waals surface area contributed by atoms with Crippen LogP contribution in [0.15, 0.2) is 18.2 Å². The van der Waals surface area contributed by atoms with Gasteiger partial charge < -0.3 is 10.6 Å². The smallest absolute Gasteiger partial charge is 0.253 e. The maximum Gasteiger partial charge on any atom is 0.253 e. The highest BCUT2D eigenvalue weighted by Gasteiger charge is 2.32. The number of amides is 1. The zero-order valence-corrected chi connectivity index (χ0v) is 13.0. The van der Waals surface area contributed by atoms with Gasteiger partial charge in [0.05, 0.1) is 5.56 Å². The first-order chi connectivity index (χ1) is 9.54. The maximum absolute atomic E-state index is 12.4. The SMILES string of the molecule is CCCNc1ccc(Cl)cc1C(=O)NCC1(C)CCC1. The van der Waals surface area contributed by atoms with Gasteiger partial charge in [0, 0.05) is 23.8 Å². The molecule has 1 aliphatic rings. The molecule has 4 heteroatoms. The Hall–Kier alpha value is -1.22. The van der Waals surface area contributed by atoms with E-state index >= 15 is 0 Å². The number of nitrogens with one attached hydrogen (secondary N) is 2. The zero-order chi connectivity index (χ0) is 14.6. The summed E-state index contributed by atoms with van der Waals surface area (Å²) in [7, 11) is 0. The topological polar surface area (TPSA) is 41.1 Å². The second-order valence-corrected chi connectivity index (χ2v) is 6.40. The van der Waals surface area contributed by atoms with Gasteiger partial charge in [0.15, 0.2) is 0 Å². The maximum atomic E-state index is 12.4. The summed E-state index contributed by atoms with van der Waals surface area (Å²) in [6.07, 6.45) is 4.68. The van der Waals surface area contributed by atoms with Crippen molar-refractivity contribution in [3.05, 3.63) is 28.8 Å². The molecule has 0 spiro atoms. The molecule has 0 heterocycles. The Bertz CT molecular complexity index is 483. The van der Waals surface area contributed by atoms with E-state index in [9.17, 15) is 4.79 Å². The number of benzene rings is 1. The predicted octanol–water partition coefficient (Wildman–Crippen LogP) is 4.08. The molecule has 2 rings (SSSR count). The van der Waals surface area contributed by atoms with E-state index in [4.69, 9.17) is 11.6 Å². The molecule has 1 amide bonds. The van der Waals surface area contributed by atoms with Crippen molar-refractivity contribution in [1.82, 2.24) is 5.32 Å². The first-order valence-electron chi connectivity index (χ1n) is 7.36. The minimum absolute atomic E-state index is 0.0424. The van der Waals surface area contributed by atoms with Crippen LogP contribution >= 0.6 is 11.6 Å². The molecule has 0 bridgehead atoms. The van der Waals surface area contributed by atoms with Crippen molar-refractivity contribution in [3.63, 3.8) is 0 Å². The van der Waals surface area contributed by atoms with Gasteiger partial charge in [-0.1, -0.05) is 31.9 Å². The molecule has 0 unspecified atom stereocenters. The Morgan fingerprint density at radius 3 is 2.75 bits per heavy atom. The Morgan fingerprint density at radius 2 is 2.15 bits per heavy atom. The minimum atomic E-state index is -0.0424. The molecule has 1 aliphatic carbocycles. The molecule has 0 atom stereocenters. The first kappa shape index (κ1) is 15.2. The molecule has 0 saturated heterocycles. The number of rotatable bonds is 6. The van der Waals surface area contributed by atoms with Gasteiger partial charge in [-0.25, -0.2) is 0 Å². The van der Waals surface area contributed by atoms with Gasteiger partial charge in [-0.3, -0.25) is 4.79 Å². The fraction of sp³-hybridized carbons (Fsp3) is 0.562. The average molecular weight is 295 g/mol. The molecule has 3 nitrogen and oxygen atoms in total. The third-order valence-electron chi connectivity index (χ3n) is 4.03. The van der Waals surface area contributed by atoms with Crippen molar-refractivity contribution in [2.45, 2.75) is 39.5 Å². The first-order valence-corrected chi connectivity index (χ1v) is 7.73. The predicted molar refractivity (Wildman–Crippen MR) is 84.5 cm³/mol. The van der Waals surface area contributed by atoms with Crippen LogP contribution < -0.4 is 10.6 Å². The average Bonchev–Trinajstić information content (AvgIpc) is 2.41. The summed E-state index contributed by atoms with van der Waals surface area (Å²) in [5.74, 6) is -0.0424. The summed E-state index contributed by atoms with van der Waals surface area (Å²) in [5.41, 5.74) is 1.77. The van der Waals surface area contributed by atoms with E-state index in [1.54, 1.807) is 6.07 Å². The molecule has 20 heavy (non-hydrogen) atoms. The molecule has 1 aromatic rings. The van der Waals surface area contributed by atoms with Crippen LogP contribution in [0, 0.1) is 5.41 Å². The van der Waals surface area contributed by atoms with Crippen LogP contribution in [0.4, 0.5) is 5.69 Å². The number of hydrogen-bond donors (Lipinski definition) is 2. The van der Waals surface area contributed by atoms with Crippen molar-refractivity contribution >= 4 is 23.2 Å². The van der Waals surface area contributed by atoms with Crippen LogP contribution in [-0.4, -0.2) is 19.0 Å². The fourth-order valence-electron chi connectivity index (χ4n) is 2.46. The highest BCUT2D eigenvalue weighted by Crippen LogP contribution is 2.39. The highest BCUT2D eigenvalue weighted by molar-refractivity contribution is 6.31. The van der Waals surface area contributed by atoms with Gasteiger partial charge in [0.2, 0.25) is 0 Å². The summed E-state index contributed by atoms with van der Waals surface area (Å²) < 4.78 is 0. The van der Waals surface area contributed by atoms with Crippen molar-refractivity contribution in [3.8, 4) is 0 Å². The summed E-state index contributed by atoms with van der Waals surface area (Å²) in [5, 5.41) is 6.91. The van der Waals surface area contributed by atoms with Gasteiger partial charge in [0.1, 0.15) is 0 Å². The number of carbonyl (C=O) groups is 1. The molecular weight excluding hydrogens is 272 g/mol. The second-order valence-electron chi connectivity index (χ2n) is 5.96. The van der Waals surface area contributed by atoms with Crippen LogP contribution in [0.3, 0.4) is 0 Å². The van der Waals surface area contributed by atoms with E-state index in [0.717, 1.165) is 25.2 Å². The Kier molecular flexibility index (Phi) is 4.92. The number of hydrogen-bond acceptors (Lipinski definition) is 2. The summed E-state index contributed by atoms with van der Waals surface area (Å²) in [6, 6.07) is 5.42. The van der Waals surface area contributed by atoms with Gasteiger partial charge >= 0.3 is 0 Å². The molecule has 0 aromatic heterocycles. The lowest BCUT2D eigenvalue weighted by Crippen LogP contribution is -2.40. The van der Waals surface area contributed by atoms with Crippen LogP contribution in [0.25, 0.3) is 0 Å². The minimum Gasteiger partial charge on any atom is -0.384 e. The quantitative estimate of drug-likeness (QED) is 0.830. The van der Waals surface area contributed by atoms with E-state index in [1.807, 2.05) is 12.1 Å². The molecule has 1 aromatic carbocycles. The van der Waals surface area contributed by atoms with Crippen LogP contribution in [-0.2, 0) is 0 Å². The van der Waals surface area contributed by atoms with Crippen molar-refractivity contribution < 1.29 is 4.79 Å². The molecule has 1 saturated carbocycles. The molecular formula is C16H23ClN2O. The van der Waals surface area contributed by atoms with Gasteiger partial charge in [-0.05, 0) is 42.9 Å². The lowest BCUT2D eigenvalue weighted by Gasteiger charge is -2.38. The summed E-state index contributed by atoms with van der Waals surface area (Å²) in [6.45, 7) is 5.91. The summed E-state index contributed by atoms with van der Waals surface area (Å²) in [4.78, 5) is 12.4. The van der Waals surface area contributed by atoms with Crippen molar-refractivity contribution in [1.29, 1.82) is 0 Å². The number of carbonyl (C=O) groups excluding carboxylic acids is 1. The van der Waals surface area contributed by atoms with Crippen LogP contribution in [0.1, 0.15) is 49.9 Å². The third kappa shape index (κ3) is 3.66. The normalized spacial score (nSPS) is 16.4. The second kappa shape index (κ2) is 6.49. The van der Waals surface area contributed by atoms with Gasteiger partial charge in [-0.15, -0.1) is 0 Å². The third-order valence-corrected chi connectivity index (χ3v) is 4.26. The number of anilines is 1.